The third kappa shape index (κ3) is 5.87. The van der Waals surface area contributed by atoms with Gasteiger partial charge in [-0.3, -0.25) is 14.4 Å². The van der Waals surface area contributed by atoms with Gasteiger partial charge in [0.05, 0.1) is 24.4 Å². The molecule has 2 aromatic heterocycles. The van der Waals surface area contributed by atoms with E-state index >= 15 is 0 Å². The fourth-order valence-electron chi connectivity index (χ4n) is 3.25. The second-order valence-corrected chi connectivity index (χ2v) is 7.50. The summed E-state index contributed by atoms with van der Waals surface area (Å²) in [7, 11) is 1.83. The van der Waals surface area contributed by atoms with Crippen LogP contribution in [0, 0.1) is 5.92 Å². The fraction of sp³-hybridized carbons (Fsp3) is 0.286. The number of anilines is 3. The number of benzene rings is 1. The van der Waals surface area contributed by atoms with Crippen LogP contribution in [-0.4, -0.2) is 54.9 Å². The van der Waals surface area contributed by atoms with Crippen LogP contribution in [0.25, 0.3) is 11.2 Å². The Bertz CT molecular complexity index is 1200. The van der Waals surface area contributed by atoms with Crippen molar-refractivity contribution in [2.24, 2.45) is 5.92 Å². The van der Waals surface area contributed by atoms with Crippen LogP contribution >= 0.6 is 0 Å². The van der Waals surface area contributed by atoms with Crippen molar-refractivity contribution < 1.29 is 24.6 Å². The van der Waals surface area contributed by atoms with Gasteiger partial charge >= 0.3 is 11.9 Å². The number of Topliss-reactive ketones (excluding diaryl/α,β-unsaturated/α-hetero) is 1. The van der Waals surface area contributed by atoms with Gasteiger partial charge in [0.2, 0.25) is 5.95 Å². The molecule has 0 aliphatic carbocycles. The molecular formula is C21H23N7O5. The Morgan fingerprint density at radius 2 is 1.76 bits per heavy atom. The molecule has 12 heteroatoms. The molecule has 0 fully saturated rings. The van der Waals surface area contributed by atoms with Crippen molar-refractivity contribution in [2.45, 2.75) is 25.8 Å². The highest BCUT2D eigenvalue weighted by molar-refractivity contribution is 5.98. The van der Waals surface area contributed by atoms with Crippen LogP contribution in [0.2, 0.25) is 0 Å². The summed E-state index contributed by atoms with van der Waals surface area (Å²) in [4.78, 5) is 52.9. The number of nitrogens with two attached hydrogens (primary N) is 2. The summed E-state index contributed by atoms with van der Waals surface area (Å²) >= 11 is 0. The van der Waals surface area contributed by atoms with Crippen LogP contribution in [0.5, 0.6) is 0 Å². The van der Waals surface area contributed by atoms with Gasteiger partial charge in [0.25, 0.3) is 0 Å². The number of carbonyl (C=O) groups is 3. The van der Waals surface area contributed by atoms with Crippen molar-refractivity contribution in [3.63, 3.8) is 0 Å². The van der Waals surface area contributed by atoms with Crippen LogP contribution in [0.1, 0.15) is 35.3 Å². The third-order valence-electron chi connectivity index (χ3n) is 5.02. The van der Waals surface area contributed by atoms with Gasteiger partial charge in [-0.1, -0.05) is 0 Å². The SMILES string of the molecule is CN(Cc1cnc2nc(N)nc(N)c2n1)c1ccc(C(=O)C[C@@H](CCC(=O)O)C(=O)O)cc1. The van der Waals surface area contributed by atoms with Crippen LogP contribution in [0.15, 0.2) is 30.5 Å². The molecule has 0 bridgehead atoms. The van der Waals surface area contributed by atoms with Crippen molar-refractivity contribution in [1.29, 1.82) is 0 Å². The molecule has 172 valence electrons. The summed E-state index contributed by atoms with van der Waals surface area (Å²) in [5.74, 6) is -3.54. The van der Waals surface area contributed by atoms with E-state index in [2.05, 4.69) is 19.9 Å². The third-order valence-corrected chi connectivity index (χ3v) is 5.02. The number of fused-ring (bicyclic) bond motifs is 1. The highest BCUT2D eigenvalue weighted by Gasteiger charge is 2.23. The van der Waals surface area contributed by atoms with Gasteiger partial charge in [-0.25, -0.2) is 9.97 Å². The van der Waals surface area contributed by atoms with E-state index in [4.69, 9.17) is 16.6 Å². The van der Waals surface area contributed by atoms with Gasteiger partial charge in [0.15, 0.2) is 22.8 Å². The highest BCUT2D eigenvalue weighted by atomic mass is 16.4. The van der Waals surface area contributed by atoms with Crippen LogP contribution in [0.3, 0.4) is 0 Å². The fourth-order valence-corrected chi connectivity index (χ4v) is 3.25. The van der Waals surface area contributed by atoms with Crippen molar-refractivity contribution in [2.75, 3.05) is 23.4 Å². The summed E-state index contributed by atoms with van der Waals surface area (Å²) in [6, 6.07) is 6.66. The number of carboxylic acids is 2. The number of hydrogen-bond acceptors (Lipinski definition) is 10. The molecule has 1 atom stereocenters. The highest BCUT2D eigenvalue weighted by Crippen LogP contribution is 2.21. The second-order valence-electron chi connectivity index (χ2n) is 7.50. The zero-order valence-corrected chi connectivity index (χ0v) is 17.8. The van der Waals surface area contributed by atoms with Crippen molar-refractivity contribution >= 4 is 46.3 Å². The topological polar surface area (TPSA) is 199 Å². The first kappa shape index (κ1) is 23.3. The first-order valence-corrected chi connectivity index (χ1v) is 9.97. The molecule has 1 aromatic carbocycles. The molecular weight excluding hydrogens is 430 g/mol. The number of aliphatic carboxylic acids is 2. The first-order valence-electron chi connectivity index (χ1n) is 9.97. The summed E-state index contributed by atoms with van der Waals surface area (Å²) in [5.41, 5.74) is 13.8. The maximum absolute atomic E-state index is 12.5. The molecule has 12 nitrogen and oxygen atoms in total. The molecule has 33 heavy (non-hydrogen) atoms. The average molecular weight is 453 g/mol. The molecule has 0 saturated carbocycles. The number of ketones is 1. The normalized spacial score (nSPS) is 11.8. The van der Waals surface area contributed by atoms with E-state index in [-0.39, 0.29) is 36.8 Å². The lowest BCUT2D eigenvalue weighted by atomic mass is 9.94. The smallest absolute Gasteiger partial charge is 0.306 e. The summed E-state index contributed by atoms with van der Waals surface area (Å²) in [6.45, 7) is 0.385. The average Bonchev–Trinajstić information content (AvgIpc) is 2.76. The second kappa shape index (κ2) is 9.85. The molecule has 0 spiro atoms. The Hall–Kier alpha value is -4.35. The van der Waals surface area contributed by atoms with E-state index in [0.29, 0.717) is 29.0 Å². The lowest BCUT2D eigenvalue weighted by Gasteiger charge is -2.19. The Kier molecular flexibility index (Phi) is 6.96. The minimum atomic E-state index is -1.19. The Morgan fingerprint density at radius 3 is 2.39 bits per heavy atom. The van der Waals surface area contributed by atoms with E-state index in [0.717, 1.165) is 5.69 Å². The summed E-state index contributed by atoms with van der Waals surface area (Å²) in [6.07, 6.45) is 0.882. The lowest BCUT2D eigenvalue weighted by molar-refractivity contribution is -0.142. The molecule has 0 amide bonds. The molecule has 0 saturated heterocycles. The Morgan fingerprint density at radius 1 is 1.06 bits per heavy atom. The molecule has 0 aliphatic heterocycles. The standard InChI is InChI=1S/C21H23N7O5/c1-28(10-13-9-24-19-17(25-13)18(22)26-21(23)27-19)14-5-2-11(3-6-14)15(29)8-12(20(32)33)4-7-16(30)31/h2-3,5-6,9,12H,4,7-8,10H2,1H3,(H,30,31)(H,32,33)(H4,22,23,24,26,27)/t12-/m1/s1. The molecule has 0 aliphatic rings. The maximum Gasteiger partial charge on any atom is 0.306 e. The van der Waals surface area contributed by atoms with Crippen molar-refractivity contribution in [3.8, 4) is 0 Å². The first-order chi connectivity index (χ1) is 15.6. The number of aromatic nitrogens is 4. The van der Waals surface area contributed by atoms with Crippen molar-refractivity contribution in [3.05, 3.63) is 41.7 Å². The molecule has 0 unspecified atom stereocenters. The number of carboxylic acid groups (broad SMARTS) is 2. The molecule has 3 rings (SSSR count). The number of nitrogens with zero attached hydrogens (tertiary/aromatic N) is 5. The number of rotatable bonds is 10. The Balaban J connectivity index is 1.67. The minimum absolute atomic E-state index is 0.0189. The largest absolute Gasteiger partial charge is 0.481 e. The lowest BCUT2D eigenvalue weighted by Crippen LogP contribution is -2.20. The maximum atomic E-state index is 12.5. The van der Waals surface area contributed by atoms with Crippen LogP contribution in [0.4, 0.5) is 17.5 Å². The minimum Gasteiger partial charge on any atom is -0.481 e. The van der Waals surface area contributed by atoms with Crippen LogP contribution < -0.4 is 16.4 Å². The van der Waals surface area contributed by atoms with E-state index in [1.807, 2.05) is 11.9 Å². The molecule has 6 N–H and O–H groups in total. The van der Waals surface area contributed by atoms with Crippen molar-refractivity contribution in [1.82, 2.24) is 19.9 Å². The van der Waals surface area contributed by atoms with E-state index in [9.17, 15) is 19.5 Å². The predicted molar refractivity (Wildman–Crippen MR) is 119 cm³/mol. The van der Waals surface area contributed by atoms with Crippen LogP contribution in [-0.2, 0) is 16.1 Å². The molecule has 3 aromatic rings. The predicted octanol–water partition coefficient (Wildman–Crippen LogP) is 1.36. The monoisotopic (exact) mass is 453 g/mol. The number of hydrogen-bond donors (Lipinski definition) is 4. The van der Waals surface area contributed by atoms with E-state index in [1.165, 1.54) is 0 Å². The zero-order chi connectivity index (χ0) is 24.1. The number of nitrogen functional groups attached to an aromatic ring is 2. The van der Waals surface area contributed by atoms with E-state index in [1.54, 1.807) is 30.5 Å². The summed E-state index contributed by atoms with van der Waals surface area (Å²) < 4.78 is 0. The van der Waals surface area contributed by atoms with E-state index < -0.39 is 17.9 Å². The molecule has 2 heterocycles. The van der Waals surface area contributed by atoms with Gasteiger partial charge in [-0.05, 0) is 30.7 Å². The zero-order valence-electron chi connectivity index (χ0n) is 17.8. The molecule has 0 radical (unpaired) electrons. The number of carbonyl (C=O) groups excluding carboxylic acids is 1. The summed E-state index contributed by atoms with van der Waals surface area (Å²) in [5, 5.41) is 18.0. The van der Waals surface area contributed by atoms with Gasteiger partial charge in [0, 0.05) is 31.1 Å². The van der Waals surface area contributed by atoms with Gasteiger partial charge < -0.3 is 26.6 Å². The van der Waals surface area contributed by atoms with Gasteiger partial charge in [-0.15, -0.1) is 0 Å². The Labute approximate surface area is 188 Å². The van der Waals surface area contributed by atoms with Gasteiger partial charge in [0.1, 0.15) is 0 Å². The van der Waals surface area contributed by atoms with Gasteiger partial charge in [-0.2, -0.15) is 9.97 Å². The quantitative estimate of drug-likeness (QED) is 0.322.